The molecule has 0 spiro atoms. The van der Waals surface area contributed by atoms with Gasteiger partial charge in [0.05, 0.1) is 5.56 Å². The number of nitrogens with zero attached hydrogens (tertiary/aromatic N) is 3. The van der Waals surface area contributed by atoms with Crippen LogP contribution in [0.2, 0.25) is 0 Å². The average Bonchev–Trinajstić information content (AvgIpc) is 3.05. The Kier molecular flexibility index (Phi) is 3.70. The second kappa shape index (κ2) is 5.81. The zero-order chi connectivity index (χ0) is 15.5. The lowest BCUT2D eigenvalue weighted by Crippen LogP contribution is -2.14. The van der Waals surface area contributed by atoms with Crippen molar-refractivity contribution in [3.05, 3.63) is 71.7 Å². The van der Waals surface area contributed by atoms with Gasteiger partial charge in [-0.3, -0.25) is 4.79 Å². The molecule has 1 N–H and O–H groups in total. The minimum Gasteiger partial charge on any atom is -0.321 e. The van der Waals surface area contributed by atoms with Crippen molar-refractivity contribution in [2.24, 2.45) is 0 Å². The minimum absolute atomic E-state index is 0.170. The molecule has 0 fully saturated rings. The Hall–Kier alpha value is -2.95. The quantitative estimate of drug-likeness (QED) is 0.806. The molecule has 1 amide bonds. The van der Waals surface area contributed by atoms with Gasteiger partial charge in [-0.05, 0) is 43.2 Å². The first-order valence-electron chi connectivity index (χ1n) is 6.99. The lowest BCUT2D eigenvalue weighted by atomic mass is 10.1. The molecule has 0 unspecified atom stereocenters. The van der Waals surface area contributed by atoms with Gasteiger partial charge < -0.3 is 5.32 Å². The van der Waals surface area contributed by atoms with Crippen LogP contribution in [0.1, 0.15) is 21.5 Å². The number of aryl methyl sites for hydroxylation is 2. The van der Waals surface area contributed by atoms with Crippen LogP contribution < -0.4 is 5.32 Å². The topological polar surface area (TPSA) is 59.8 Å². The van der Waals surface area contributed by atoms with Crippen LogP contribution in [0, 0.1) is 13.8 Å². The lowest BCUT2D eigenvalue weighted by Gasteiger charge is -2.11. The first-order valence-corrected chi connectivity index (χ1v) is 6.99. The summed E-state index contributed by atoms with van der Waals surface area (Å²) in [6.07, 6.45) is 5.04. The van der Waals surface area contributed by atoms with Gasteiger partial charge in [-0.15, -0.1) is 0 Å². The first kappa shape index (κ1) is 14.0. The molecule has 0 atom stereocenters. The Bertz CT molecular complexity index is 772. The van der Waals surface area contributed by atoms with Crippen LogP contribution in [0.4, 0.5) is 5.69 Å². The Morgan fingerprint density at radius 3 is 2.45 bits per heavy atom. The number of para-hydroxylation sites is 1. The largest absolute Gasteiger partial charge is 0.321 e. The van der Waals surface area contributed by atoms with Crippen LogP contribution in [-0.2, 0) is 0 Å². The van der Waals surface area contributed by atoms with Crippen molar-refractivity contribution < 1.29 is 4.79 Å². The molecule has 22 heavy (non-hydrogen) atoms. The fourth-order valence-electron chi connectivity index (χ4n) is 2.26. The summed E-state index contributed by atoms with van der Waals surface area (Å²) < 4.78 is 1.65. The number of hydrogen-bond acceptors (Lipinski definition) is 3. The van der Waals surface area contributed by atoms with Gasteiger partial charge in [-0.2, -0.15) is 5.10 Å². The van der Waals surface area contributed by atoms with Crippen LogP contribution in [0.25, 0.3) is 5.82 Å². The fraction of sp³-hybridized carbons (Fsp3) is 0.118. The van der Waals surface area contributed by atoms with Gasteiger partial charge in [0.25, 0.3) is 5.91 Å². The molecule has 3 rings (SSSR count). The summed E-state index contributed by atoms with van der Waals surface area (Å²) in [6.45, 7) is 3.95. The van der Waals surface area contributed by atoms with Crippen LogP contribution in [0.5, 0.6) is 0 Å². The summed E-state index contributed by atoms with van der Waals surface area (Å²) >= 11 is 0. The van der Waals surface area contributed by atoms with Gasteiger partial charge in [-0.1, -0.05) is 18.2 Å². The van der Waals surface area contributed by atoms with Crippen molar-refractivity contribution in [2.45, 2.75) is 13.8 Å². The highest BCUT2D eigenvalue weighted by atomic mass is 16.1. The summed E-state index contributed by atoms with van der Waals surface area (Å²) in [5.74, 6) is 0.505. The van der Waals surface area contributed by atoms with Crippen molar-refractivity contribution in [1.29, 1.82) is 0 Å². The van der Waals surface area contributed by atoms with Gasteiger partial charge in [-0.25, -0.2) is 9.67 Å². The van der Waals surface area contributed by atoms with Crippen LogP contribution in [-0.4, -0.2) is 20.7 Å². The van der Waals surface area contributed by atoms with E-state index in [1.165, 1.54) is 0 Å². The molecule has 110 valence electrons. The SMILES string of the molecule is Cc1cccc(C)c1NC(=O)c1ccc(-n2cccn2)nc1. The fourth-order valence-corrected chi connectivity index (χ4v) is 2.26. The smallest absolute Gasteiger partial charge is 0.257 e. The zero-order valence-electron chi connectivity index (χ0n) is 12.4. The van der Waals surface area contributed by atoms with Crippen molar-refractivity contribution in [3.63, 3.8) is 0 Å². The third kappa shape index (κ3) is 2.74. The molecular weight excluding hydrogens is 276 g/mol. The number of hydrogen-bond donors (Lipinski definition) is 1. The van der Waals surface area contributed by atoms with Crippen molar-refractivity contribution in [3.8, 4) is 5.82 Å². The monoisotopic (exact) mass is 292 g/mol. The molecule has 0 saturated carbocycles. The maximum Gasteiger partial charge on any atom is 0.257 e. The molecule has 0 aliphatic rings. The number of carbonyl (C=O) groups excluding carboxylic acids is 1. The van der Waals surface area contributed by atoms with Gasteiger partial charge in [0.1, 0.15) is 0 Å². The molecule has 3 aromatic rings. The second-order valence-electron chi connectivity index (χ2n) is 5.08. The highest BCUT2D eigenvalue weighted by Gasteiger charge is 2.10. The lowest BCUT2D eigenvalue weighted by molar-refractivity contribution is 0.102. The summed E-state index contributed by atoms with van der Waals surface area (Å²) in [7, 11) is 0. The Morgan fingerprint density at radius 1 is 1.09 bits per heavy atom. The van der Waals surface area contributed by atoms with E-state index in [0.717, 1.165) is 16.8 Å². The number of carbonyl (C=O) groups is 1. The Balaban J connectivity index is 1.81. The molecule has 1 aromatic carbocycles. The molecule has 5 heteroatoms. The Morgan fingerprint density at radius 2 is 1.86 bits per heavy atom. The minimum atomic E-state index is -0.170. The van der Waals surface area contributed by atoms with E-state index >= 15 is 0 Å². The predicted molar refractivity (Wildman–Crippen MR) is 85.2 cm³/mol. The summed E-state index contributed by atoms with van der Waals surface area (Å²) in [4.78, 5) is 16.6. The van der Waals surface area contributed by atoms with Crippen LogP contribution in [0.3, 0.4) is 0 Å². The number of amides is 1. The summed E-state index contributed by atoms with van der Waals surface area (Å²) in [5.41, 5.74) is 3.44. The van der Waals surface area contributed by atoms with E-state index in [4.69, 9.17) is 0 Å². The molecular formula is C17H16N4O. The highest BCUT2D eigenvalue weighted by molar-refractivity contribution is 6.04. The molecule has 0 saturated heterocycles. The number of nitrogens with one attached hydrogen (secondary N) is 1. The van der Waals surface area contributed by atoms with E-state index < -0.39 is 0 Å². The normalized spacial score (nSPS) is 10.5. The van der Waals surface area contributed by atoms with Gasteiger partial charge in [0.2, 0.25) is 0 Å². The summed E-state index contributed by atoms with van der Waals surface area (Å²) in [6, 6.07) is 11.3. The van der Waals surface area contributed by atoms with E-state index in [0.29, 0.717) is 11.4 Å². The van der Waals surface area contributed by atoms with Crippen molar-refractivity contribution in [2.75, 3.05) is 5.32 Å². The molecule has 2 heterocycles. The van der Waals surface area contributed by atoms with E-state index in [1.807, 2.05) is 38.1 Å². The molecule has 0 bridgehead atoms. The van der Waals surface area contributed by atoms with E-state index in [1.54, 1.807) is 35.4 Å². The highest BCUT2D eigenvalue weighted by Crippen LogP contribution is 2.20. The first-order chi connectivity index (χ1) is 10.6. The van der Waals surface area contributed by atoms with Crippen LogP contribution >= 0.6 is 0 Å². The molecule has 0 aliphatic heterocycles. The maximum atomic E-state index is 12.3. The molecule has 0 radical (unpaired) electrons. The zero-order valence-corrected chi connectivity index (χ0v) is 12.4. The molecule has 0 aliphatic carbocycles. The second-order valence-corrected chi connectivity index (χ2v) is 5.08. The average molecular weight is 292 g/mol. The van der Waals surface area contributed by atoms with Gasteiger partial charge in [0, 0.05) is 24.3 Å². The predicted octanol–water partition coefficient (Wildman–Crippen LogP) is 3.14. The van der Waals surface area contributed by atoms with E-state index in [9.17, 15) is 4.79 Å². The van der Waals surface area contributed by atoms with Gasteiger partial charge >= 0.3 is 0 Å². The number of aromatic nitrogens is 3. The molecule has 2 aromatic heterocycles. The Labute approximate surface area is 128 Å². The van der Waals surface area contributed by atoms with Crippen molar-refractivity contribution >= 4 is 11.6 Å². The maximum absolute atomic E-state index is 12.3. The van der Waals surface area contributed by atoms with Crippen molar-refractivity contribution in [1.82, 2.24) is 14.8 Å². The third-order valence-corrected chi connectivity index (χ3v) is 3.47. The van der Waals surface area contributed by atoms with Crippen LogP contribution in [0.15, 0.2) is 55.0 Å². The van der Waals surface area contributed by atoms with E-state index in [-0.39, 0.29) is 5.91 Å². The number of benzene rings is 1. The standard InChI is InChI=1S/C17H16N4O/c1-12-5-3-6-13(2)16(12)20-17(22)14-7-8-15(18-11-14)21-10-4-9-19-21/h3-11H,1-2H3,(H,20,22). The summed E-state index contributed by atoms with van der Waals surface area (Å²) in [5, 5.41) is 7.05. The number of pyridine rings is 1. The van der Waals surface area contributed by atoms with E-state index in [2.05, 4.69) is 15.4 Å². The number of anilines is 1. The van der Waals surface area contributed by atoms with Gasteiger partial charge in [0.15, 0.2) is 5.82 Å². The third-order valence-electron chi connectivity index (χ3n) is 3.47. The number of rotatable bonds is 3. The molecule has 5 nitrogen and oxygen atoms in total.